The van der Waals surface area contributed by atoms with Gasteiger partial charge in [-0.15, -0.1) is 0 Å². The van der Waals surface area contributed by atoms with E-state index in [4.69, 9.17) is 4.42 Å². The van der Waals surface area contributed by atoms with Crippen molar-refractivity contribution >= 4 is 22.9 Å². The Morgan fingerprint density at radius 2 is 1.97 bits per heavy atom. The molecule has 1 saturated carbocycles. The fourth-order valence-corrected chi connectivity index (χ4v) is 3.70. The molecular weight excluding hydrogens is 433 g/mol. The van der Waals surface area contributed by atoms with E-state index in [0.717, 1.165) is 0 Å². The summed E-state index contributed by atoms with van der Waals surface area (Å²) in [5.41, 5.74) is 1.46. The van der Waals surface area contributed by atoms with Crippen LogP contribution >= 0.6 is 0 Å². The molecule has 0 bridgehead atoms. The van der Waals surface area contributed by atoms with Crippen LogP contribution in [0.1, 0.15) is 12.1 Å². The minimum Gasteiger partial charge on any atom is -0.436 e. The third kappa shape index (κ3) is 4.45. The minimum atomic E-state index is -4.48. The predicted molar refractivity (Wildman–Crippen MR) is 107 cm³/mol. The van der Waals surface area contributed by atoms with Gasteiger partial charge in [0.05, 0.1) is 24.0 Å². The maximum atomic E-state index is 12.7. The molecular formula is C19H21F3N6O4. The Labute approximate surface area is 179 Å². The number of aryl methyl sites for hydroxylation is 1. The molecule has 3 aromatic rings. The van der Waals surface area contributed by atoms with Crippen LogP contribution in [0.5, 0.6) is 0 Å². The highest BCUT2D eigenvalue weighted by atomic mass is 19.4. The molecule has 3 aromatic heterocycles. The lowest BCUT2D eigenvalue weighted by atomic mass is 10.1. The number of anilines is 2. The minimum absolute atomic E-state index is 0.0662. The topological polar surface area (TPSA) is 149 Å². The number of nitrogens with zero attached hydrogens (tertiary/aromatic N) is 4. The van der Waals surface area contributed by atoms with Crippen LogP contribution in [0.2, 0.25) is 0 Å². The van der Waals surface area contributed by atoms with Crippen molar-refractivity contribution in [3.8, 4) is 11.5 Å². The fraction of sp³-hybridized carbons (Fsp3) is 0.474. The fourth-order valence-electron chi connectivity index (χ4n) is 3.70. The van der Waals surface area contributed by atoms with Gasteiger partial charge in [0, 0.05) is 24.8 Å². The molecule has 1 aliphatic carbocycles. The van der Waals surface area contributed by atoms with E-state index in [1.54, 1.807) is 13.0 Å². The first-order valence-electron chi connectivity index (χ1n) is 9.80. The van der Waals surface area contributed by atoms with Crippen LogP contribution < -0.4 is 10.6 Å². The molecule has 1 fully saturated rings. The second-order valence-corrected chi connectivity index (χ2v) is 7.60. The number of aromatic nitrogens is 4. The van der Waals surface area contributed by atoms with Gasteiger partial charge in [0.2, 0.25) is 11.8 Å². The van der Waals surface area contributed by atoms with Crippen molar-refractivity contribution in [2.45, 2.75) is 37.8 Å². The van der Waals surface area contributed by atoms with Gasteiger partial charge in [0.15, 0.2) is 5.58 Å². The van der Waals surface area contributed by atoms with Crippen LogP contribution in [0.4, 0.5) is 24.9 Å². The van der Waals surface area contributed by atoms with E-state index >= 15 is 0 Å². The van der Waals surface area contributed by atoms with Gasteiger partial charge in [-0.3, -0.25) is 4.98 Å². The van der Waals surface area contributed by atoms with Crippen LogP contribution in [-0.2, 0) is 0 Å². The Hall–Kier alpha value is -3.03. The second-order valence-electron chi connectivity index (χ2n) is 7.60. The van der Waals surface area contributed by atoms with Crippen LogP contribution in [0.15, 0.2) is 22.9 Å². The van der Waals surface area contributed by atoms with Gasteiger partial charge in [-0.1, -0.05) is 0 Å². The van der Waals surface area contributed by atoms with Crippen LogP contribution in [0.3, 0.4) is 0 Å². The lowest BCUT2D eigenvalue weighted by molar-refractivity contribution is -0.115. The van der Waals surface area contributed by atoms with E-state index < -0.39 is 36.9 Å². The van der Waals surface area contributed by atoms with E-state index in [9.17, 15) is 28.5 Å². The summed E-state index contributed by atoms with van der Waals surface area (Å²) in [6.07, 6.45) is -3.64. The van der Waals surface area contributed by atoms with Gasteiger partial charge >= 0.3 is 6.18 Å². The van der Waals surface area contributed by atoms with E-state index in [1.165, 1.54) is 12.4 Å². The largest absolute Gasteiger partial charge is 0.436 e. The molecule has 1 aliphatic rings. The van der Waals surface area contributed by atoms with E-state index in [0.29, 0.717) is 11.1 Å². The van der Waals surface area contributed by atoms with Crippen molar-refractivity contribution < 1.29 is 32.9 Å². The summed E-state index contributed by atoms with van der Waals surface area (Å²) in [6, 6.07) is 0.883. The van der Waals surface area contributed by atoms with Crippen molar-refractivity contribution in [2.24, 2.45) is 5.92 Å². The van der Waals surface area contributed by atoms with Gasteiger partial charge in [0.1, 0.15) is 29.5 Å². The maximum Gasteiger partial charge on any atom is 0.405 e. The van der Waals surface area contributed by atoms with Crippen molar-refractivity contribution in [1.82, 2.24) is 19.9 Å². The Morgan fingerprint density at radius 1 is 1.19 bits per heavy atom. The van der Waals surface area contributed by atoms with Crippen molar-refractivity contribution in [1.29, 1.82) is 0 Å². The first-order chi connectivity index (χ1) is 15.2. The standard InChI is InChI=1S/C19H21F3N6O4/c1-8-13(17-27-11-5-23-3-2-12(11)32-17)16(28-18(25-8)24-7-19(20,21)22)26-10-4-9(6-29)14(30)15(10)31/h2-3,5,9-10,14-15,29-31H,4,6-7H2,1H3,(H2,24,25,26,28). The number of fused-ring (bicyclic) bond motifs is 1. The molecule has 5 N–H and O–H groups in total. The number of halogens is 3. The quantitative estimate of drug-likeness (QED) is 0.371. The highest BCUT2D eigenvalue weighted by molar-refractivity contribution is 5.80. The Morgan fingerprint density at radius 3 is 2.62 bits per heavy atom. The predicted octanol–water partition coefficient (Wildman–Crippen LogP) is 1.48. The molecule has 4 rings (SSSR count). The molecule has 10 nitrogen and oxygen atoms in total. The second kappa shape index (κ2) is 8.48. The summed E-state index contributed by atoms with van der Waals surface area (Å²) < 4.78 is 43.7. The molecule has 172 valence electrons. The molecule has 0 spiro atoms. The summed E-state index contributed by atoms with van der Waals surface area (Å²) in [5.74, 6) is -0.665. The highest BCUT2D eigenvalue weighted by Crippen LogP contribution is 2.35. The number of rotatable bonds is 6. The SMILES string of the molecule is Cc1nc(NCC(F)(F)F)nc(NC2CC(CO)C(O)C2O)c1-c1nc2cnccc2o1. The van der Waals surface area contributed by atoms with Gasteiger partial charge in [-0.25, -0.2) is 9.97 Å². The van der Waals surface area contributed by atoms with Crippen LogP contribution in [-0.4, -0.2) is 72.8 Å². The van der Waals surface area contributed by atoms with Gasteiger partial charge in [0.25, 0.3) is 0 Å². The number of oxazole rings is 1. The number of aliphatic hydroxyl groups excluding tert-OH is 3. The lowest BCUT2D eigenvalue weighted by Crippen LogP contribution is -2.36. The van der Waals surface area contributed by atoms with Gasteiger partial charge < -0.3 is 30.4 Å². The third-order valence-corrected chi connectivity index (χ3v) is 5.30. The molecule has 3 heterocycles. The lowest BCUT2D eigenvalue weighted by Gasteiger charge is -2.21. The maximum absolute atomic E-state index is 12.7. The monoisotopic (exact) mass is 454 g/mol. The molecule has 0 radical (unpaired) electrons. The summed E-state index contributed by atoms with van der Waals surface area (Å²) >= 11 is 0. The first-order valence-corrected chi connectivity index (χ1v) is 9.80. The van der Waals surface area contributed by atoms with Gasteiger partial charge in [-0.05, 0) is 13.3 Å². The average Bonchev–Trinajstić information content (AvgIpc) is 3.27. The van der Waals surface area contributed by atoms with E-state index in [1.807, 2.05) is 0 Å². The first kappa shape index (κ1) is 22.2. The Kier molecular flexibility index (Phi) is 5.88. The Bertz CT molecular complexity index is 1080. The summed E-state index contributed by atoms with van der Waals surface area (Å²) in [4.78, 5) is 16.6. The zero-order valence-corrected chi connectivity index (χ0v) is 16.8. The molecule has 0 aromatic carbocycles. The normalized spacial score (nSPS) is 23.6. The van der Waals surface area contributed by atoms with Crippen molar-refractivity contribution in [3.63, 3.8) is 0 Å². The average molecular weight is 454 g/mol. The number of alkyl halides is 3. The number of pyridine rings is 1. The number of aliphatic hydroxyl groups is 3. The summed E-state index contributed by atoms with van der Waals surface area (Å²) in [5, 5.41) is 35.0. The van der Waals surface area contributed by atoms with Crippen LogP contribution in [0, 0.1) is 12.8 Å². The smallest absolute Gasteiger partial charge is 0.405 e. The number of nitrogens with one attached hydrogen (secondary N) is 2. The molecule has 32 heavy (non-hydrogen) atoms. The number of hydrogen-bond acceptors (Lipinski definition) is 10. The summed E-state index contributed by atoms with van der Waals surface area (Å²) in [6.45, 7) is -0.107. The van der Waals surface area contributed by atoms with E-state index in [2.05, 4.69) is 30.6 Å². The van der Waals surface area contributed by atoms with Crippen molar-refractivity contribution in [3.05, 3.63) is 24.2 Å². The van der Waals surface area contributed by atoms with E-state index in [-0.39, 0.29) is 41.9 Å². The molecule has 0 amide bonds. The molecule has 4 unspecified atom stereocenters. The molecule has 0 aliphatic heterocycles. The summed E-state index contributed by atoms with van der Waals surface area (Å²) in [7, 11) is 0. The molecule has 4 atom stereocenters. The Balaban J connectivity index is 1.74. The van der Waals surface area contributed by atoms with Crippen LogP contribution in [0.25, 0.3) is 22.6 Å². The van der Waals surface area contributed by atoms with Gasteiger partial charge in [-0.2, -0.15) is 18.2 Å². The molecule has 0 saturated heterocycles. The third-order valence-electron chi connectivity index (χ3n) is 5.30. The number of hydrogen-bond donors (Lipinski definition) is 5. The molecule has 13 heteroatoms. The zero-order valence-electron chi connectivity index (χ0n) is 16.8. The van der Waals surface area contributed by atoms with Crippen molar-refractivity contribution in [2.75, 3.05) is 23.8 Å². The highest BCUT2D eigenvalue weighted by Gasteiger charge is 2.41. The zero-order chi connectivity index (χ0) is 23.0.